The zero-order chi connectivity index (χ0) is 15.4. The topological polar surface area (TPSA) is 32.3 Å². The second-order valence-corrected chi connectivity index (χ2v) is 7.64. The molecule has 1 amide bonds. The molecule has 3 heteroatoms. The van der Waals surface area contributed by atoms with E-state index in [-0.39, 0.29) is 5.91 Å². The molecule has 3 heterocycles. The molecule has 4 bridgehead atoms. The minimum Gasteiger partial charge on any atom is -0.349 e. The lowest BCUT2D eigenvalue weighted by atomic mass is 9.65. The third kappa shape index (κ3) is 2.26. The summed E-state index contributed by atoms with van der Waals surface area (Å²) < 4.78 is 0. The molecule has 2 aromatic rings. The zero-order valence-corrected chi connectivity index (χ0v) is 13.2. The van der Waals surface area contributed by atoms with Gasteiger partial charge < -0.3 is 10.2 Å². The first-order valence-corrected chi connectivity index (χ1v) is 8.78. The van der Waals surface area contributed by atoms with Crippen LogP contribution in [-0.4, -0.2) is 36.5 Å². The van der Waals surface area contributed by atoms with Crippen LogP contribution in [0.1, 0.15) is 23.2 Å². The summed E-state index contributed by atoms with van der Waals surface area (Å²) in [6.07, 6.45) is 2.60. The molecule has 0 spiro atoms. The molecule has 4 aliphatic rings. The lowest BCUT2D eigenvalue weighted by Gasteiger charge is -2.55. The molecular formula is C20H22N2O. The number of amides is 1. The van der Waals surface area contributed by atoms with E-state index in [0.29, 0.717) is 17.9 Å². The highest BCUT2D eigenvalue weighted by atomic mass is 16.1. The summed E-state index contributed by atoms with van der Waals surface area (Å²) in [7, 11) is 0. The van der Waals surface area contributed by atoms with Gasteiger partial charge in [-0.05, 0) is 53.5 Å². The van der Waals surface area contributed by atoms with E-state index in [1.54, 1.807) is 0 Å². The predicted octanol–water partition coefficient (Wildman–Crippen LogP) is 2.91. The van der Waals surface area contributed by atoms with Crippen LogP contribution >= 0.6 is 0 Å². The highest BCUT2D eigenvalue weighted by Gasteiger charge is 2.47. The van der Waals surface area contributed by atoms with E-state index in [1.807, 2.05) is 30.3 Å². The molecule has 2 atom stereocenters. The van der Waals surface area contributed by atoms with E-state index < -0.39 is 0 Å². The van der Waals surface area contributed by atoms with E-state index in [2.05, 4.69) is 22.3 Å². The molecule has 0 aromatic heterocycles. The Bertz CT molecular complexity index is 741. The maximum absolute atomic E-state index is 12.8. The monoisotopic (exact) mass is 306 g/mol. The van der Waals surface area contributed by atoms with Crippen molar-refractivity contribution < 1.29 is 4.79 Å². The van der Waals surface area contributed by atoms with Gasteiger partial charge in [-0.25, -0.2) is 0 Å². The molecule has 0 unspecified atom stereocenters. The summed E-state index contributed by atoms with van der Waals surface area (Å²) in [5.74, 6) is 2.29. The Hall–Kier alpha value is -1.87. The second-order valence-electron chi connectivity index (χ2n) is 7.64. The van der Waals surface area contributed by atoms with E-state index in [9.17, 15) is 4.79 Å². The van der Waals surface area contributed by atoms with Crippen molar-refractivity contribution in [3.63, 3.8) is 0 Å². The molecular weight excluding hydrogens is 284 g/mol. The SMILES string of the molecule is O=C(NC1[C@H]2CC3C[C@H]1CN(C3)C2)c1ccc2ccccc2c1. The number of benzene rings is 2. The lowest BCUT2D eigenvalue weighted by molar-refractivity contribution is -0.0418. The molecule has 3 nitrogen and oxygen atoms in total. The molecule has 2 aromatic carbocycles. The van der Waals surface area contributed by atoms with Gasteiger partial charge in [-0.1, -0.05) is 30.3 Å². The van der Waals surface area contributed by atoms with Gasteiger partial charge >= 0.3 is 0 Å². The Morgan fingerprint density at radius 1 is 0.957 bits per heavy atom. The van der Waals surface area contributed by atoms with Crippen LogP contribution in [0.2, 0.25) is 0 Å². The summed E-state index contributed by atoms with van der Waals surface area (Å²) in [6.45, 7) is 3.64. The Morgan fingerprint density at radius 3 is 2.43 bits per heavy atom. The molecule has 3 saturated heterocycles. The minimum atomic E-state index is 0.100. The van der Waals surface area contributed by atoms with Crippen molar-refractivity contribution in [1.29, 1.82) is 0 Å². The van der Waals surface area contributed by atoms with Gasteiger partial charge in [-0.2, -0.15) is 0 Å². The number of hydrogen-bond acceptors (Lipinski definition) is 2. The zero-order valence-electron chi connectivity index (χ0n) is 13.2. The maximum atomic E-state index is 12.8. The van der Waals surface area contributed by atoms with E-state index in [4.69, 9.17) is 0 Å². The third-order valence-corrected chi connectivity index (χ3v) is 6.10. The largest absolute Gasteiger partial charge is 0.349 e. The predicted molar refractivity (Wildman–Crippen MR) is 91.3 cm³/mol. The summed E-state index contributed by atoms with van der Waals surface area (Å²) in [5.41, 5.74) is 0.790. The van der Waals surface area contributed by atoms with Crippen molar-refractivity contribution in [2.75, 3.05) is 19.6 Å². The van der Waals surface area contributed by atoms with Gasteiger partial charge in [0.1, 0.15) is 0 Å². The number of hydrogen-bond donors (Lipinski definition) is 1. The standard InChI is InChI=1S/C20H22N2O/c23-20(16-6-5-14-3-1-2-4-15(14)9-16)21-19-17-7-13-8-18(19)12-22(10-13)11-17/h1-6,9,13,17-19H,7-8,10-12H2,(H,21,23)/t13?,17-,18-,19?/m0/s1. The number of carbonyl (C=O) groups excluding carboxylic acids is 1. The summed E-state index contributed by atoms with van der Waals surface area (Å²) in [4.78, 5) is 15.4. The van der Waals surface area contributed by atoms with Gasteiger partial charge in [0.25, 0.3) is 5.91 Å². The normalized spacial score (nSPS) is 34.7. The van der Waals surface area contributed by atoms with Crippen LogP contribution < -0.4 is 5.32 Å². The summed E-state index contributed by atoms with van der Waals surface area (Å²) in [5, 5.41) is 5.70. The molecule has 6 rings (SSSR count). The second kappa shape index (κ2) is 5.07. The molecule has 3 aliphatic heterocycles. The van der Waals surface area contributed by atoms with Crippen LogP contribution in [-0.2, 0) is 0 Å². The lowest BCUT2D eigenvalue weighted by Crippen LogP contribution is -2.64. The Morgan fingerprint density at radius 2 is 1.70 bits per heavy atom. The van der Waals surface area contributed by atoms with Gasteiger partial charge in [-0.3, -0.25) is 4.79 Å². The molecule has 1 N–H and O–H groups in total. The Labute approximate surface area is 136 Å². The van der Waals surface area contributed by atoms with Crippen molar-refractivity contribution in [3.05, 3.63) is 48.0 Å². The number of nitrogens with one attached hydrogen (secondary N) is 1. The number of fused-ring (bicyclic) bond motifs is 1. The van der Waals surface area contributed by atoms with E-state index in [1.165, 1.54) is 37.9 Å². The third-order valence-electron chi connectivity index (χ3n) is 6.10. The van der Waals surface area contributed by atoms with Crippen molar-refractivity contribution >= 4 is 16.7 Å². The molecule has 23 heavy (non-hydrogen) atoms. The van der Waals surface area contributed by atoms with E-state index in [0.717, 1.165) is 16.9 Å². The first-order valence-electron chi connectivity index (χ1n) is 8.78. The van der Waals surface area contributed by atoms with E-state index >= 15 is 0 Å². The smallest absolute Gasteiger partial charge is 0.251 e. The van der Waals surface area contributed by atoms with Crippen molar-refractivity contribution in [1.82, 2.24) is 10.2 Å². The molecule has 4 fully saturated rings. The fourth-order valence-corrected chi connectivity index (χ4v) is 5.21. The fourth-order valence-electron chi connectivity index (χ4n) is 5.21. The van der Waals surface area contributed by atoms with Crippen LogP contribution in [0.4, 0.5) is 0 Å². The molecule has 118 valence electrons. The Kier molecular flexibility index (Phi) is 2.99. The highest BCUT2D eigenvalue weighted by molar-refractivity contribution is 5.98. The van der Waals surface area contributed by atoms with Crippen LogP contribution in [0, 0.1) is 17.8 Å². The van der Waals surface area contributed by atoms with Crippen molar-refractivity contribution in [2.45, 2.75) is 18.9 Å². The number of rotatable bonds is 2. The fraction of sp³-hybridized carbons (Fsp3) is 0.450. The highest BCUT2D eigenvalue weighted by Crippen LogP contribution is 2.43. The van der Waals surface area contributed by atoms with Gasteiger partial charge in [0, 0.05) is 31.2 Å². The maximum Gasteiger partial charge on any atom is 0.251 e. The van der Waals surface area contributed by atoms with Gasteiger partial charge in [0.2, 0.25) is 0 Å². The quantitative estimate of drug-likeness (QED) is 0.925. The van der Waals surface area contributed by atoms with Gasteiger partial charge in [0.15, 0.2) is 0 Å². The Balaban J connectivity index is 1.38. The average Bonchev–Trinajstić information content (AvgIpc) is 2.57. The average molecular weight is 306 g/mol. The number of piperidine rings is 3. The van der Waals surface area contributed by atoms with Crippen LogP contribution in [0.25, 0.3) is 10.8 Å². The molecule has 1 aliphatic carbocycles. The van der Waals surface area contributed by atoms with Crippen LogP contribution in [0.15, 0.2) is 42.5 Å². The minimum absolute atomic E-state index is 0.100. The summed E-state index contributed by atoms with van der Waals surface area (Å²) >= 11 is 0. The van der Waals surface area contributed by atoms with Crippen molar-refractivity contribution in [3.8, 4) is 0 Å². The first kappa shape index (κ1) is 13.6. The van der Waals surface area contributed by atoms with Crippen LogP contribution in [0.3, 0.4) is 0 Å². The van der Waals surface area contributed by atoms with Crippen LogP contribution in [0.5, 0.6) is 0 Å². The molecule has 0 radical (unpaired) electrons. The summed E-state index contributed by atoms with van der Waals surface area (Å²) in [6, 6.07) is 14.6. The number of nitrogens with zero attached hydrogens (tertiary/aromatic N) is 1. The molecule has 1 saturated carbocycles. The van der Waals surface area contributed by atoms with Gasteiger partial charge in [0.05, 0.1) is 0 Å². The number of carbonyl (C=O) groups is 1. The van der Waals surface area contributed by atoms with Gasteiger partial charge in [-0.15, -0.1) is 0 Å². The van der Waals surface area contributed by atoms with Crippen molar-refractivity contribution in [2.24, 2.45) is 17.8 Å². The first-order chi connectivity index (χ1) is 11.3.